The highest BCUT2D eigenvalue weighted by Gasteiger charge is 2.20. The van der Waals surface area contributed by atoms with Gasteiger partial charge < -0.3 is 9.30 Å². The number of rotatable bonds is 7. The second-order valence-corrected chi connectivity index (χ2v) is 7.81. The van der Waals surface area contributed by atoms with Crippen LogP contribution < -0.4 is 5.56 Å². The van der Waals surface area contributed by atoms with Crippen molar-refractivity contribution in [2.45, 2.75) is 12.1 Å². The highest BCUT2D eigenvalue weighted by atomic mass is 35.5. The van der Waals surface area contributed by atoms with Crippen molar-refractivity contribution in [2.24, 2.45) is 0 Å². The second-order valence-electron chi connectivity index (χ2n) is 7.37. The van der Waals surface area contributed by atoms with Crippen molar-refractivity contribution >= 4 is 11.6 Å². The highest BCUT2D eigenvalue weighted by Crippen LogP contribution is 2.29. The van der Waals surface area contributed by atoms with E-state index >= 15 is 0 Å². The van der Waals surface area contributed by atoms with Gasteiger partial charge in [0.15, 0.2) is 0 Å². The first kappa shape index (κ1) is 21.6. The molecule has 0 bridgehead atoms. The fourth-order valence-electron chi connectivity index (χ4n) is 3.65. The van der Waals surface area contributed by atoms with Crippen molar-refractivity contribution in [3.8, 4) is 6.07 Å². The standard InChI is InChI=1S/C27H21ClN2O2/c28-24-15-13-23(14-16-24)27(22-11-9-20(18-29)10-12-22)32-19-25(21-6-2-1-3-7-21)30-17-5-4-8-26(30)31/h1-17,25,27H,19H2. The molecule has 2 atom stereocenters. The Kier molecular flexibility index (Phi) is 6.81. The third-order valence-electron chi connectivity index (χ3n) is 5.31. The number of halogens is 1. The van der Waals surface area contributed by atoms with E-state index in [0.29, 0.717) is 10.6 Å². The minimum atomic E-state index is -0.384. The normalized spacial score (nSPS) is 12.6. The van der Waals surface area contributed by atoms with Gasteiger partial charge in [-0.25, -0.2) is 0 Å². The van der Waals surface area contributed by atoms with Crippen LogP contribution in [0.25, 0.3) is 0 Å². The molecule has 0 aliphatic carbocycles. The van der Waals surface area contributed by atoms with Crippen LogP contribution in [0.2, 0.25) is 5.02 Å². The average molecular weight is 441 g/mol. The summed E-state index contributed by atoms with van der Waals surface area (Å²) in [6.07, 6.45) is 1.40. The van der Waals surface area contributed by atoms with Crippen molar-refractivity contribution in [1.29, 1.82) is 5.26 Å². The Bertz CT molecular complexity index is 1260. The smallest absolute Gasteiger partial charge is 0.251 e. The molecule has 0 saturated carbocycles. The van der Waals surface area contributed by atoms with Gasteiger partial charge in [0, 0.05) is 17.3 Å². The van der Waals surface area contributed by atoms with Crippen LogP contribution in [0.3, 0.4) is 0 Å². The van der Waals surface area contributed by atoms with Gasteiger partial charge in [0.1, 0.15) is 6.10 Å². The van der Waals surface area contributed by atoms with Crippen molar-refractivity contribution in [2.75, 3.05) is 6.61 Å². The summed E-state index contributed by atoms with van der Waals surface area (Å²) in [7, 11) is 0. The SMILES string of the molecule is N#Cc1ccc(C(OCC(c2ccccc2)n2ccccc2=O)c2ccc(Cl)cc2)cc1. The third kappa shape index (κ3) is 4.97. The molecule has 4 aromatic rings. The molecule has 0 spiro atoms. The largest absolute Gasteiger partial charge is 0.366 e. The molecule has 1 heterocycles. The number of benzene rings is 3. The van der Waals surface area contributed by atoms with Crippen molar-refractivity contribution in [1.82, 2.24) is 4.57 Å². The lowest BCUT2D eigenvalue weighted by atomic mass is 10.00. The number of pyridine rings is 1. The van der Waals surface area contributed by atoms with E-state index in [1.54, 1.807) is 35.0 Å². The fourth-order valence-corrected chi connectivity index (χ4v) is 3.78. The molecule has 32 heavy (non-hydrogen) atoms. The van der Waals surface area contributed by atoms with Crippen molar-refractivity contribution < 1.29 is 4.74 Å². The summed E-state index contributed by atoms with van der Waals surface area (Å²) in [6.45, 7) is 0.279. The van der Waals surface area contributed by atoms with Crippen molar-refractivity contribution in [3.05, 3.63) is 141 Å². The number of hydrogen-bond acceptors (Lipinski definition) is 3. The lowest BCUT2D eigenvalue weighted by Crippen LogP contribution is -2.28. The Balaban J connectivity index is 1.69. The zero-order chi connectivity index (χ0) is 22.3. The Morgan fingerprint density at radius 1 is 0.812 bits per heavy atom. The van der Waals surface area contributed by atoms with Gasteiger partial charge >= 0.3 is 0 Å². The first-order valence-electron chi connectivity index (χ1n) is 10.2. The topological polar surface area (TPSA) is 55.0 Å². The van der Waals surface area contributed by atoms with Crippen LogP contribution >= 0.6 is 11.6 Å². The zero-order valence-electron chi connectivity index (χ0n) is 17.3. The Hall–Kier alpha value is -3.65. The molecule has 0 saturated heterocycles. The minimum absolute atomic E-state index is 0.0913. The predicted molar refractivity (Wildman–Crippen MR) is 126 cm³/mol. The van der Waals surface area contributed by atoms with Gasteiger partial charge in [-0.05, 0) is 47.0 Å². The van der Waals surface area contributed by atoms with Crippen LogP contribution in [0.15, 0.2) is 108 Å². The van der Waals surface area contributed by atoms with Crippen LogP contribution in [0.5, 0.6) is 0 Å². The molecular weight excluding hydrogens is 420 g/mol. The van der Waals surface area contributed by atoms with Crippen LogP contribution in [0, 0.1) is 11.3 Å². The number of aromatic nitrogens is 1. The van der Waals surface area contributed by atoms with Gasteiger partial charge in [0.2, 0.25) is 0 Å². The van der Waals surface area contributed by atoms with Gasteiger partial charge in [0.05, 0.1) is 24.3 Å². The number of ether oxygens (including phenoxy) is 1. The summed E-state index contributed by atoms with van der Waals surface area (Å²) in [6, 6.07) is 31.7. The Morgan fingerprint density at radius 2 is 1.44 bits per heavy atom. The molecule has 5 heteroatoms. The lowest BCUT2D eigenvalue weighted by molar-refractivity contribution is 0.0623. The Morgan fingerprint density at radius 3 is 2.06 bits per heavy atom. The quantitative estimate of drug-likeness (QED) is 0.366. The summed E-state index contributed by atoms with van der Waals surface area (Å²) < 4.78 is 8.16. The molecule has 0 N–H and O–H groups in total. The van der Waals surface area contributed by atoms with Gasteiger partial charge in [-0.2, -0.15) is 5.26 Å². The summed E-state index contributed by atoms with van der Waals surface area (Å²) in [5, 5.41) is 9.78. The van der Waals surface area contributed by atoms with E-state index in [9.17, 15) is 4.79 Å². The summed E-state index contributed by atoms with van der Waals surface area (Å²) in [4.78, 5) is 12.6. The van der Waals surface area contributed by atoms with Gasteiger partial charge in [-0.3, -0.25) is 4.79 Å². The molecule has 2 unspecified atom stereocenters. The van der Waals surface area contributed by atoms with Gasteiger partial charge in [-0.15, -0.1) is 0 Å². The number of nitriles is 1. The summed E-state index contributed by atoms with van der Waals surface area (Å²) in [5.41, 5.74) is 3.33. The Labute approximate surface area is 191 Å². The lowest BCUT2D eigenvalue weighted by Gasteiger charge is -2.25. The summed E-state index contributed by atoms with van der Waals surface area (Å²) in [5.74, 6) is 0. The first-order valence-corrected chi connectivity index (χ1v) is 10.6. The van der Waals surface area contributed by atoms with Crippen LogP contribution in [0.1, 0.15) is 34.4 Å². The molecular formula is C27H21ClN2O2. The zero-order valence-corrected chi connectivity index (χ0v) is 18.0. The van der Waals surface area contributed by atoms with Crippen LogP contribution in [0.4, 0.5) is 0 Å². The third-order valence-corrected chi connectivity index (χ3v) is 5.56. The van der Waals surface area contributed by atoms with Crippen molar-refractivity contribution in [3.63, 3.8) is 0 Å². The highest BCUT2D eigenvalue weighted by molar-refractivity contribution is 6.30. The molecule has 4 rings (SSSR count). The first-order chi connectivity index (χ1) is 15.7. The maximum absolute atomic E-state index is 12.6. The van der Waals surface area contributed by atoms with E-state index in [2.05, 4.69) is 6.07 Å². The molecule has 0 aliphatic rings. The van der Waals surface area contributed by atoms with E-state index < -0.39 is 0 Å². The van der Waals surface area contributed by atoms with Gasteiger partial charge in [-0.1, -0.05) is 72.3 Å². The maximum atomic E-state index is 12.6. The summed E-state index contributed by atoms with van der Waals surface area (Å²) >= 11 is 6.09. The molecule has 4 nitrogen and oxygen atoms in total. The van der Waals surface area contributed by atoms with E-state index in [1.165, 1.54) is 0 Å². The molecule has 0 fully saturated rings. The molecule has 158 valence electrons. The van der Waals surface area contributed by atoms with E-state index in [1.807, 2.05) is 72.8 Å². The van der Waals surface area contributed by atoms with Crippen LogP contribution in [-0.2, 0) is 4.74 Å². The molecule has 0 amide bonds. The maximum Gasteiger partial charge on any atom is 0.251 e. The monoisotopic (exact) mass is 440 g/mol. The number of nitrogens with zero attached hydrogens (tertiary/aromatic N) is 2. The van der Waals surface area contributed by atoms with E-state index in [4.69, 9.17) is 21.6 Å². The second kappa shape index (κ2) is 10.1. The molecule has 0 radical (unpaired) electrons. The van der Waals surface area contributed by atoms with Crippen LogP contribution in [-0.4, -0.2) is 11.2 Å². The van der Waals surface area contributed by atoms with E-state index in [0.717, 1.165) is 16.7 Å². The molecule has 3 aromatic carbocycles. The molecule has 1 aromatic heterocycles. The molecule has 0 aliphatic heterocycles. The number of hydrogen-bond donors (Lipinski definition) is 0. The minimum Gasteiger partial charge on any atom is -0.366 e. The predicted octanol–water partition coefficient (Wildman–Crippen LogP) is 5.77. The average Bonchev–Trinajstić information content (AvgIpc) is 2.84. The van der Waals surface area contributed by atoms with Gasteiger partial charge in [0.25, 0.3) is 5.56 Å². The fraction of sp³-hybridized carbons (Fsp3) is 0.111. The van der Waals surface area contributed by atoms with E-state index in [-0.39, 0.29) is 24.3 Å².